The molecule has 0 unspecified atom stereocenters. The van der Waals surface area contributed by atoms with Gasteiger partial charge in [-0.25, -0.2) is 9.03 Å². The lowest BCUT2D eigenvalue weighted by Crippen LogP contribution is -2.78. The summed E-state index contributed by atoms with van der Waals surface area (Å²) in [6, 6.07) is 16.2. The topological polar surface area (TPSA) is 160 Å². The Morgan fingerprint density at radius 1 is 0.802 bits per heavy atom. The number of aromatic nitrogens is 6. The first-order valence-electron chi connectivity index (χ1n) is 29.3. The smallest absolute Gasteiger partial charge is 0.446 e. The molecule has 7 heterocycles. The second-order valence-corrected chi connectivity index (χ2v) is 30.0. The van der Waals surface area contributed by atoms with Crippen LogP contribution in [0.4, 0.5) is 43.7 Å². The van der Waals surface area contributed by atoms with Gasteiger partial charge in [-0.3, -0.25) is 14.4 Å². The summed E-state index contributed by atoms with van der Waals surface area (Å²) >= 11 is -0.400. The normalized spacial score (nSPS) is 24.4. The number of methoxy groups -OCH3 is 1. The molecule has 1 spiro atoms. The number of fused-ring (bicyclic) bond motifs is 6. The van der Waals surface area contributed by atoms with E-state index < -0.39 is 18.2 Å². The van der Waals surface area contributed by atoms with E-state index in [0.29, 0.717) is 56.4 Å². The van der Waals surface area contributed by atoms with E-state index >= 15 is 0 Å². The number of nitrogens with zero attached hydrogens (tertiary/aromatic N) is 8. The van der Waals surface area contributed by atoms with Crippen molar-refractivity contribution in [1.29, 1.82) is 0 Å². The molecular weight excluding hydrogens is 1170 g/mol. The Bertz CT molecular complexity index is 3690. The second kappa shape index (κ2) is 23.5. The largest absolute Gasteiger partial charge is 0.495 e. The van der Waals surface area contributed by atoms with Gasteiger partial charge in [0.1, 0.15) is 35.9 Å². The number of likely N-dealkylation sites (tertiary alicyclic amines) is 1. The van der Waals surface area contributed by atoms with Gasteiger partial charge in [-0.15, -0.1) is 0 Å². The van der Waals surface area contributed by atoms with Crippen LogP contribution in [0.1, 0.15) is 119 Å². The number of rotatable bonds is 15. The van der Waals surface area contributed by atoms with Crippen molar-refractivity contribution in [2.75, 3.05) is 89.9 Å². The lowest BCUT2D eigenvalue weighted by atomic mass is 9.52. The quantitative estimate of drug-likeness (QED) is 0.0333. The molecule has 25 heteroatoms. The van der Waals surface area contributed by atoms with Crippen molar-refractivity contribution in [2.24, 2.45) is 5.41 Å². The monoisotopic (exact) mass is 1250 g/mol. The van der Waals surface area contributed by atoms with Gasteiger partial charge in [0.2, 0.25) is 0 Å². The molecule has 0 atom stereocenters. The predicted molar refractivity (Wildman–Crippen MR) is 326 cm³/mol. The molecule has 460 valence electrons. The Kier molecular flexibility index (Phi) is 16.8. The lowest BCUT2D eigenvalue weighted by Gasteiger charge is -2.71. The molecule has 7 aliphatic carbocycles. The number of thioether (sulfide) groups is 2. The minimum absolute atomic E-state index is 0.0189. The van der Waals surface area contributed by atoms with Crippen LogP contribution in [-0.4, -0.2) is 152 Å². The van der Waals surface area contributed by atoms with Crippen molar-refractivity contribution in [2.45, 2.75) is 140 Å². The molecule has 5 aromatic heterocycles. The minimum Gasteiger partial charge on any atom is -0.495 e. The maximum absolute atomic E-state index is 13.6. The van der Waals surface area contributed by atoms with Crippen LogP contribution in [0.25, 0.3) is 11.0 Å². The van der Waals surface area contributed by atoms with Gasteiger partial charge in [0.15, 0.2) is 0 Å². The third-order valence-corrected chi connectivity index (χ3v) is 21.1. The van der Waals surface area contributed by atoms with Crippen LogP contribution in [0.3, 0.4) is 0 Å². The van der Waals surface area contributed by atoms with Crippen molar-refractivity contribution < 1.29 is 45.2 Å². The molecule has 1 amide bonds. The zero-order valence-corrected chi connectivity index (χ0v) is 51.9. The third kappa shape index (κ3) is 12.7. The van der Waals surface area contributed by atoms with Crippen molar-refractivity contribution >= 4 is 70.2 Å². The number of hydrogen-bond acceptors (Lipinski definition) is 14. The highest BCUT2D eigenvalue weighted by atomic mass is 32.2. The first-order valence-corrected chi connectivity index (χ1v) is 33.5. The summed E-state index contributed by atoms with van der Waals surface area (Å²) in [4.78, 5) is 17.4. The van der Waals surface area contributed by atoms with Crippen molar-refractivity contribution in [3.05, 3.63) is 83.9 Å². The van der Waals surface area contributed by atoms with E-state index in [9.17, 15) is 35.7 Å². The molecule has 0 radical (unpaired) electrons. The van der Waals surface area contributed by atoms with Crippen LogP contribution in [0.2, 0.25) is 0 Å². The Labute approximate surface area is 505 Å². The van der Waals surface area contributed by atoms with Gasteiger partial charge in [0, 0.05) is 52.2 Å². The molecule has 4 bridgehead atoms. The number of amides is 1. The fraction of sp³-hybridized carbons (Fsp3) is 0.541. The molecule has 2 aliphatic heterocycles. The first-order chi connectivity index (χ1) is 40.9. The number of alkyl halides is 6. The number of benzene rings is 1. The van der Waals surface area contributed by atoms with Crippen LogP contribution >= 0.6 is 30.7 Å². The average molecular weight is 1250 g/mol. The summed E-state index contributed by atoms with van der Waals surface area (Å²) in [6.07, 6.45) is 15.9. The Hall–Kier alpha value is -6.01. The van der Waals surface area contributed by atoms with Crippen LogP contribution in [0, 0.1) is 29.1 Å². The summed E-state index contributed by atoms with van der Waals surface area (Å²) in [5.74, 6) is 12.9. The number of anilines is 3. The summed E-state index contributed by atoms with van der Waals surface area (Å²) < 4.78 is 110. The minimum atomic E-state index is -4.50. The van der Waals surface area contributed by atoms with Crippen LogP contribution in [0.5, 0.6) is 5.75 Å². The SMILES string of the molecule is CC.COc1cc(P(C)(C)=O)ccc1NCC#Cc1nn2c(NC34CCCC(N(C)C)(C3)C4)cccc2c1SC(F)(F)F.O=C(NCC#Cc1nn2c(NC34CCCC(N5CC6(COC6)C5)(C3)C4)cccc2c1SC(F)(F)F)c1cnn(C2CC2)c1. The Balaban J connectivity index is 0.000000174. The molecule has 16 nitrogen and oxygen atoms in total. The number of ether oxygens (including phenoxy) is 2. The number of carbonyl (C=O) groups is 1. The molecule has 1 aromatic carbocycles. The number of halogens is 6. The van der Waals surface area contributed by atoms with Gasteiger partial charge in [-0.2, -0.15) is 41.6 Å². The van der Waals surface area contributed by atoms with E-state index in [0.717, 1.165) is 96.9 Å². The van der Waals surface area contributed by atoms with E-state index in [1.807, 2.05) is 26.0 Å². The van der Waals surface area contributed by atoms with E-state index in [2.05, 4.69) is 84.1 Å². The van der Waals surface area contributed by atoms with E-state index in [1.165, 1.54) is 19.7 Å². The third-order valence-electron chi connectivity index (χ3n) is 17.9. The number of carbonyl (C=O) groups excluding carboxylic acids is 1. The number of nitrogens with one attached hydrogen (secondary N) is 4. The zero-order chi connectivity index (χ0) is 61.1. The molecule has 9 aliphatic rings. The predicted octanol–water partition coefficient (Wildman–Crippen LogP) is 11.6. The zero-order valence-electron chi connectivity index (χ0n) is 49.4. The average Bonchev–Trinajstić information content (AvgIpc) is 1.60. The number of pyridine rings is 2. The first kappa shape index (κ1) is 61.6. The second-order valence-electron chi connectivity index (χ2n) is 24.6. The fourth-order valence-corrected chi connectivity index (χ4v) is 16.0. The Morgan fingerprint density at radius 3 is 1.90 bits per heavy atom. The van der Waals surface area contributed by atoms with Gasteiger partial charge in [-0.05, 0) is 182 Å². The maximum Gasteiger partial charge on any atom is 0.446 e. The molecule has 2 saturated heterocycles. The van der Waals surface area contributed by atoms with E-state index in [4.69, 9.17) is 9.47 Å². The highest BCUT2D eigenvalue weighted by Crippen LogP contribution is 2.60. The summed E-state index contributed by atoms with van der Waals surface area (Å²) in [5, 5.41) is 27.2. The van der Waals surface area contributed by atoms with Crippen molar-refractivity contribution in [3.8, 4) is 29.4 Å². The molecule has 6 aromatic rings. The van der Waals surface area contributed by atoms with Crippen LogP contribution in [-0.2, 0) is 9.30 Å². The summed E-state index contributed by atoms with van der Waals surface area (Å²) in [6.45, 7) is 11.4. The van der Waals surface area contributed by atoms with Crippen molar-refractivity contribution in [3.63, 3.8) is 0 Å². The van der Waals surface area contributed by atoms with Gasteiger partial charge in [0.05, 0.1) is 77.7 Å². The van der Waals surface area contributed by atoms with E-state index in [-0.39, 0.29) is 85.9 Å². The fourth-order valence-electron chi connectivity index (χ4n) is 13.7. The molecule has 9 fully saturated rings. The highest BCUT2D eigenvalue weighted by molar-refractivity contribution is 8.00. The van der Waals surface area contributed by atoms with Gasteiger partial charge in [-0.1, -0.05) is 37.8 Å². The molecule has 4 N–H and O–H groups in total. The highest BCUT2D eigenvalue weighted by Gasteiger charge is 2.65. The molecule has 7 saturated carbocycles. The lowest BCUT2D eigenvalue weighted by molar-refractivity contribution is -0.237. The molecular formula is C61H73F6N12O4PS2. The van der Waals surface area contributed by atoms with E-state index in [1.54, 1.807) is 75.7 Å². The van der Waals surface area contributed by atoms with Gasteiger partial charge in [0.25, 0.3) is 5.91 Å². The molecule has 86 heavy (non-hydrogen) atoms. The van der Waals surface area contributed by atoms with Gasteiger partial charge < -0.3 is 40.2 Å². The maximum atomic E-state index is 13.6. The van der Waals surface area contributed by atoms with Crippen LogP contribution in [0.15, 0.2) is 76.8 Å². The number of hydrogen-bond donors (Lipinski definition) is 4. The molecule has 15 rings (SSSR count). The summed E-state index contributed by atoms with van der Waals surface area (Å²) in [7, 11) is 3.29. The standard InChI is InChI=1S/C30H32F3N7O2S.C29H35F3N5O2PS.C2H6/c31-30(32,33)43-25-22(4-2-11-34-26(41)20-12-35-39(13-20)21-7-8-21)37-40-23(25)5-1-6-24(40)36-28-9-3-10-29(14-28,15-28)38-16-27(17-38)18-42-19-27;1-36(2)28-15-8-14-27(18-28,19-28)34-25-11-6-10-23-26(41-29(30,31)32)22(35-37(23)25)9-7-16-33-21-13-12-20(40(4,5)38)17-24(21)39-3;1-2/h1,5-6,12-13,21,36H,3,7-11,14-19H2,(H,34,41);6,10-13,17,33-34H,8,14-16,18-19H2,1-5H3;1-2H3. The summed E-state index contributed by atoms with van der Waals surface area (Å²) in [5.41, 5.74) is -6.54. The van der Waals surface area contributed by atoms with Gasteiger partial charge >= 0.3 is 11.0 Å². The van der Waals surface area contributed by atoms with Crippen molar-refractivity contribution in [1.82, 2.24) is 44.1 Å². The van der Waals surface area contributed by atoms with Crippen LogP contribution < -0.4 is 31.3 Å². The Morgan fingerprint density at radius 2 is 1.37 bits per heavy atom.